The van der Waals surface area contributed by atoms with Gasteiger partial charge in [0.05, 0.1) is 0 Å². The van der Waals surface area contributed by atoms with Gasteiger partial charge in [-0.25, -0.2) is 4.79 Å². The van der Waals surface area contributed by atoms with Gasteiger partial charge in [-0.2, -0.15) is 0 Å². The summed E-state index contributed by atoms with van der Waals surface area (Å²) in [6, 6.07) is 7.93. The van der Waals surface area contributed by atoms with Crippen molar-refractivity contribution in [2.24, 2.45) is 22.7 Å². The van der Waals surface area contributed by atoms with Crippen LogP contribution < -0.4 is 0 Å². The quantitative estimate of drug-likeness (QED) is 0.313. The zero-order valence-electron chi connectivity index (χ0n) is 18.8. The van der Waals surface area contributed by atoms with Crippen LogP contribution in [0, 0.1) is 22.7 Å². The summed E-state index contributed by atoms with van der Waals surface area (Å²) in [4.78, 5) is 13.2. The first-order valence-electron chi connectivity index (χ1n) is 11.1. The number of fused-ring (bicyclic) bond motifs is 1. The van der Waals surface area contributed by atoms with Crippen molar-refractivity contribution >= 4 is 21.9 Å². The van der Waals surface area contributed by atoms with E-state index in [1.807, 2.05) is 30.3 Å². The van der Waals surface area contributed by atoms with Gasteiger partial charge in [0.25, 0.3) is 0 Å². The van der Waals surface area contributed by atoms with Crippen LogP contribution in [-0.2, 0) is 16.1 Å². The Balaban J connectivity index is 1.86. The van der Waals surface area contributed by atoms with Gasteiger partial charge in [-0.05, 0) is 73.0 Å². The van der Waals surface area contributed by atoms with Crippen LogP contribution in [0.25, 0.3) is 0 Å². The van der Waals surface area contributed by atoms with E-state index in [1.165, 1.54) is 24.8 Å². The first-order valence-corrected chi connectivity index (χ1v) is 11.9. The SMILES string of the molecule is C=C/C(C)=C/C[C@@H]1C(C(=O)OCc2ccc(Br)cc2)=CC[C@@H]2C(C)(C)CCC[C@]12C. The average molecular weight is 471 g/mol. The number of carbonyl (C=O) groups excluding carboxylic acids is 1. The Bertz CT molecular complexity index is 846. The van der Waals surface area contributed by atoms with Gasteiger partial charge in [-0.3, -0.25) is 0 Å². The molecule has 0 aliphatic heterocycles. The van der Waals surface area contributed by atoms with E-state index in [-0.39, 0.29) is 17.3 Å². The second-order valence-corrected chi connectivity index (χ2v) is 10.9. The molecule has 0 amide bonds. The van der Waals surface area contributed by atoms with Crippen molar-refractivity contribution in [3.63, 3.8) is 0 Å². The van der Waals surface area contributed by atoms with Crippen molar-refractivity contribution in [1.82, 2.24) is 0 Å². The summed E-state index contributed by atoms with van der Waals surface area (Å²) in [5.74, 6) is 0.614. The normalized spacial score (nSPS) is 28.3. The van der Waals surface area contributed by atoms with Crippen LogP contribution >= 0.6 is 15.9 Å². The maximum absolute atomic E-state index is 13.2. The summed E-state index contributed by atoms with van der Waals surface area (Å²) in [6.45, 7) is 13.5. The zero-order valence-corrected chi connectivity index (χ0v) is 20.4. The molecule has 1 fully saturated rings. The summed E-state index contributed by atoms with van der Waals surface area (Å²) in [5.41, 5.74) is 3.45. The fourth-order valence-electron chi connectivity index (χ4n) is 5.74. The summed E-state index contributed by atoms with van der Waals surface area (Å²) in [7, 11) is 0. The number of carbonyl (C=O) groups is 1. The molecule has 3 heteroatoms. The molecular weight excluding hydrogens is 436 g/mol. The molecule has 0 unspecified atom stereocenters. The summed E-state index contributed by atoms with van der Waals surface area (Å²) in [5, 5.41) is 0. The molecule has 0 heterocycles. The standard InChI is InChI=1S/C27H35BrO2/c1-6-19(2)8-14-23-22(25(29)30-18-20-9-11-21(28)12-10-20)13-15-24-26(3,4)16-7-17-27(23,24)5/h6,8-13,23-24H,1,7,14-18H2,2-5H3/b19-8+/t23-,24-,27-/m1/s1. The number of esters is 1. The molecule has 3 rings (SSSR count). The van der Waals surface area contributed by atoms with Crippen LogP contribution in [0.1, 0.15) is 65.4 Å². The van der Waals surface area contributed by atoms with Crippen LogP contribution in [0.15, 0.2) is 64.7 Å². The number of hydrogen-bond donors (Lipinski definition) is 0. The average Bonchev–Trinajstić information content (AvgIpc) is 2.70. The minimum absolute atomic E-state index is 0.112. The highest BCUT2D eigenvalue weighted by Crippen LogP contribution is 2.60. The first kappa shape index (κ1) is 23.1. The van der Waals surface area contributed by atoms with Crippen molar-refractivity contribution in [2.75, 3.05) is 0 Å². The molecule has 2 aliphatic carbocycles. The third-order valence-electron chi connectivity index (χ3n) is 7.54. The molecule has 0 saturated heterocycles. The third kappa shape index (κ3) is 4.82. The van der Waals surface area contributed by atoms with Crippen molar-refractivity contribution in [1.29, 1.82) is 0 Å². The van der Waals surface area contributed by atoms with Gasteiger partial charge in [-0.15, -0.1) is 0 Å². The van der Waals surface area contributed by atoms with Crippen LogP contribution in [0.4, 0.5) is 0 Å². The Morgan fingerprint density at radius 1 is 1.23 bits per heavy atom. The van der Waals surface area contributed by atoms with Crippen LogP contribution in [0.3, 0.4) is 0 Å². The van der Waals surface area contributed by atoms with E-state index in [1.54, 1.807) is 0 Å². The summed E-state index contributed by atoms with van der Waals surface area (Å²) < 4.78 is 6.81. The van der Waals surface area contributed by atoms with Gasteiger partial charge in [0, 0.05) is 10.0 Å². The second-order valence-electron chi connectivity index (χ2n) is 9.94. The lowest BCUT2D eigenvalue weighted by Gasteiger charge is -2.56. The summed E-state index contributed by atoms with van der Waals surface area (Å²) in [6.07, 6.45) is 11.8. The molecule has 2 nitrogen and oxygen atoms in total. The van der Waals surface area contributed by atoms with Crippen LogP contribution in [0.2, 0.25) is 0 Å². The van der Waals surface area contributed by atoms with E-state index in [9.17, 15) is 4.79 Å². The molecule has 0 radical (unpaired) electrons. The maximum atomic E-state index is 13.2. The number of halogens is 1. The molecule has 2 aliphatic rings. The zero-order chi connectivity index (χ0) is 21.9. The van der Waals surface area contributed by atoms with Gasteiger partial charge >= 0.3 is 5.97 Å². The lowest BCUT2D eigenvalue weighted by Crippen LogP contribution is -2.49. The lowest BCUT2D eigenvalue weighted by atomic mass is 9.48. The highest BCUT2D eigenvalue weighted by Gasteiger charge is 2.53. The Morgan fingerprint density at radius 2 is 1.93 bits per heavy atom. The molecule has 0 bridgehead atoms. The lowest BCUT2D eigenvalue weighted by molar-refractivity contribution is -0.143. The van der Waals surface area contributed by atoms with Gasteiger partial charge in [0.2, 0.25) is 0 Å². The van der Waals surface area contributed by atoms with Gasteiger partial charge < -0.3 is 4.74 Å². The van der Waals surface area contributed by atoms with Crippen molar-refractivity contribution < 1.29 is 9.53 Å². The molecule has 1 aromatic carbocycles. The number of hydrogen-bond acceptors (Lipinski definition) is 2. The third-order valence-corrected chi connectivity index (χ3v) is 8.07. The van der Waals surface area contributed by atoms with Crippen molar-refractivity contribution in [2.45, 2.75) is 66.4 Å². The molecule has 1 saturated carbocycles. The molecule has 162 valence electrons. The van der Waals surface area contributed by atoms with E-state index in [0.717, 1.165) is 28.5 Å². The largest absolute Gasteiger partial charge is 0.457 e. The number of rotatable bonds is 6. The Morgan fingerprint density at radius 3 is 2.60 bits per heavy atom. The fourth-order valence-corrected chi connectivity index (χ4v) is 6.00. The predicted octanol–water partition coefficient (Wildman–Crippen LogP) is 7.79. The predicted molar refractivity (Wildman–Crippen MR) is 128 cm³/mol. The first-order chi connectivity index (χ1) is 14.2. The maximum Gasteiger partial charge on any atom is 0.334 e. The van der Waals surface area contributed by atoms with E-state index in [4.69, 9.17) is 4.74 Å². The van der Waals surface area contributed by atoms with E-state index in [0.29, 0.717) is 17.9 Å². The van der Waals surface area contributed by atoms with E-state index < -0.39 is 0 Å². The summed E-state index contributed by atoms with van der Waals surface area (Å²) >= 11 is 3.45. The number of ether oxygens (including phenoxy) is 1. The van der Waals surface area contributed by atoms with Crippen LogP contribution in [-0.4, -0.2) is 5.97 Å². The number of benzene rings is 1. The Hall–Kier alpha value is -1.61. The number of allylic oxidation sites excluding steroid dienone is 4. The molecule has 0 spiro atoms. The molecule has 30 heavy (non-hydrogen) atoms. The highest BCUT2D eigenvalue weighted by molar-refractivity contribution is 9.10. The Kier molecular flexibility index (Phi) is 7.12. The topological polar surface area (TPSA) is 26.3 Å². The molecule has 3 atom stereocenters. The van der Waals surface area contributed by atoms with Gasteiger partial charge in [0.1, 0.15) is 6.61 Å². The molecule has 1 aromatic rings. The van der Waals surface area contributed by atoms with Crippen molar-refractivity contribution in [3.8, 4) is 0 Å². The smallest absolute Gasteiger partial charge is 0.334 e. The molecule has 0 aromatic heterocycles. The highest BCUT2D eigenvalue weighted by atomic mass is 79.9. The monoisotopic (exact) mass is 470 g/mol. The van der Waals surface area contributed by atoms with Crippen LogP contribution in [0.5, 0.6) is 0 Å². The Labute approximate surface area is 190 Å². The second kappa shape index (κ2) is 9.26. The van der Waals surface area contributed by atoms with Crippen molar-refractivity contribution in [3.05, 3.63) is 70.3 Å². The van der Waals surface area contributed by atoms with Gasteiger partial charge in [0.15, 0.2) is 0 Å². The molecule has 0 N–H and O–H groups in total. The minimum atomic E-state index is -0.157. The van der Waals surface area contributed by atoms with Gasteiger partial charge in [-0.1, -0.05) is 85.6 Å². The molecular formula is C27H35BrO2. The minimum Gasteiger partial charge on any atom is -0.457 e. The fraction of sp³-hybridized carbons (Fsp3) is 0.519. The van der Waals surface area contributed by atoms with E-state index in [2.05, 4.69) is 62.4 Å². The van der Waals surface area contributed by atoms with E-state index >= 15 is 0 Å².